The summed E-state index contributed by atoms with van der Waals surface area (Å²) in [5.41, 5.74) is 17.7. The second kappa shape index (κ2) is 14.3. The lowest BCUT2D eigenvalue weighted by Gasteiger charge is -2.29. The fourth-order valence-corrected chi connectivity index (χ4v) is 13.1. The summed E-state index contributed by atoms with van der Waals surface area (Å²) in [5, 5.41) is 0. The molecule has 65 heavy (non-hydrogen) atoms. The van der Waals surface area contributed by atoms with Gasteiger partial charge in [-0.3, -0.25) is 0 Å². The first-order valence-electron chi connectivity index (χ1n) is 22.3. The number of anilines is 3. The van der Waals surface area contributed by atoms with Crippen molar-refractivity contribution >= 4 is 40.6 Å². The van der Waals surface area contributed by atoms with Crippen LogP contribution in [0.2, 0.25) is 0 Å². The molecule has 0 bridgehead atoms. The first-order chi connectivity index (χ1) is 31.7. The average Bonchev–Trinajstić information content (AvgIpc) is 3.72. The van der Waals surface area contributed by atoms with E-state index in [0.29, 0.717) is 5.75 Å². The second-order valence-electron chi connectivity index (χ2n) is 18.4. The van der Waals surface area contributed by atoms with Crippen LogP contribution in [0.5, 0.6) is 23.0 Å². The van der Waals surface area contributed by atoms with Gasteiger partial charge in [-0.15, -0.1) is 0 Å². The highest BCUT2D eigenvalue weighted by Gasteiger charge is 2.41. The molecular formula is C60H43NO2S2. The Hall–Kier alpha value is -6.92. The molecule has 0 atom stereocenters. The number of para-hydroxylation sites is 1. The Morgan fingerprint density at radius 3 is 1.74 bits per heavy atom. The number of nitrogens with zero attached hydrogens (tertiary/aromatic N) is 1. The molecule has 0 saturated carbocycles. The van der Waals surface area contributed by atoms with Crippen molar-refractivity contribution in [2.75, 3.05) is 4.90 Å². The summed E-state index contributed by atoms with van der Waals surface area (Å²) in [6.45, 7) is 9.36. The molecule has 9 aromatic carbocycles. The predicted molar refractivity (Wildman–Crippen MR) is 268 cm³/mol. The highest BCUT2D eigenvalue weighted by atomic mass is 32.2. The largest absolute Gasteiger partial charge is 0.449 e. The zero-order chi connectivity index (χ0) is 43.6. The van der Waals surface area contributed by atoms with Crippen molar-refractivity contribution in [2.24, 2.45) is 0 Å². The van der Waals surface area contributed by atoms with Crippen LogP contribution in [0, 0.1) is 0 Å². The topological polar surface area (TPSA) is 21.7 Å². The van der Waals surface area contributed by atoms with Gasteiger partial charge in [0, 0.05) is 64.2 Å². The lowest BCUT2D eigenvalue weighted by atomic mass is 9.82. The molecule has 0 saturated heterocycles. The highest BCUT2D eigenvalue weighted by molar-refractivity contribution is 8.05. The third kappa shape index (κ3) is 5.85. The van der Waals surface area contributed by atoms with Gasteiger partial charge < -0.3 is 14.4 Å². The predicted octanol–water partition coefficient (Wildman–Crippen LogP) is 17.6. The van der Waals surface area contributed by atoms with Crippen LogP contribution in [0.4, 0.5) is 17.1 Å². The molecule has 0 amide bonds. The van der Waals surface area contributed by atoms with E-state index in [9.17, 15) is 0 Å². The summed E-state index contributed by atoms with van der Waals surface area (Å²) in [4.78, 5) is 7.75. The molecular weight excluding hydrogens is 831 g/mol. The number of benzene rings is 9. The van der Waals surface area contributed by atoms with Crippen LogP contribution in [0.1, 0.15) is 49.9 Å². The zero-order valence-electron chi connectivity index (χ0n) is 36.5. The van der Waals surface area contributed by atoms with E-state index in [1.165, 1.54) is 69.7 Å². The third-order valence-corrected chi connectivity index (χ3v) is 16.6. The Labute approximate surface area is 388 Å². The summed E-state index contributed by atoms with van der Waals surface area (Å²) in [6.07, 6.45) is 0. The van der Waals surface area contributed by atoms with Crippen LogP contribution in [-0.2, 0) is 10.8 Å². The summed E-state index contributed by atoms with van der Waals surface area (Å²) in [5.74, 6) is 2.98. The molecule has 0 unspecified atom stereocenters. The van der Waals surface area contributed by atoms with Crippen LogP contribution in [0.15, 0.2) is 208 Å². The molecule has 312 valence electrons. The SMILES string of the molecule is CC1(C)c2ccccc2-c2c1ccc1c2Oc2c(cccc2-c2ccc(N(c3ccc(-c4ccccc4)cc3)c3ccc4c(c3)C(C)(C)c3ccc5c(c3-4)Sc3ccccc3S5)cc2)O1. The van der Waals surface area contributed by atoms with Crippen LogP contribution in [-0.4, -0.2) is 0 Å². The van der Waals surface area contributed by atoms with Crippen molar-refractivity contribution in [3.8, 4) is 67.5 Å². The Morgan fingerprint density at radius 2 is 0.954 bits per heavy atom. The number of hydrogen-bond donors (Lipinski definition) is 0. The van der Waals surface area contributed by atoms with E-state index in [2.05, 4.69) is 215 Å². The number of ether oxygens (including phenoxy) is 2. The van der Waals surface area contributed by atoms with Gasteiger partial charge in [-0.05, 0) is 117 Å². The van der Waals surface area contributed by atoms with Gasteiger partial charge in [0.05, 0.1) is 0 Å². The Morgan fingerprint density at radius 1 is 0.369 bits per heavy atom. The fourth-order valence-electron chi connectivity index (χ4n) is 10.7. The molecule has 2 heterocycles. The van der Waals surface area contributed by atoms with Crippen molar-refractivity contribution in [3.05, 3.63) is 210 Å². The van der Waals surface area contributed by atoms with Gasteiger partial charge in [0.15, 0.2) is 23.0 Å². The normalized spacial score (nSPS) is 14.8. The quantitative estimate of drug-likeness (QED) is 0.171. The van der Waals surface area contributed by atoms with Crippen LogP contribution >= 0.6 is 23.5 Å². The van der Waals surface area contributed by atoms with Crippen molar-refractivity contribution in [1.29, 1.82) is 0 Å². The van der Waals surface area contributed by atoms with Gasteiger partial charge >= 0.3 is 0 Å². The standard InChI is InChI=1S/C60H43NO2S2/c1-59(2)45-17-9-8-15-43(45)54-46(59)31-33-50-57(54)63-56-42(16-12-18-49(56)62-50)38-23-27-40(28-24-38)61(39-25-21-37(22-26-39)36-13-6-5-7-14-36)41-29-30-44-48(35-41)60(3,4)47-32-34-53-58(55(44)47)65-52-20-11-10-19-51(52)64-53/h5-35H,1-4H3. The molecule has 0 aromatic heterocycles. The molecule has 2 aliphatic heterocycles. The molecule has 9 aromatic rings. The highest BCUT2D eigenvalue weighted by Crippen LogP contribution is 2.61. The Bertz CT molecular complexity index is 3430. The van der Waals surface area contributed by atoms with E-state index in [-0.39, 0.29) is 10.8 Å². The molecule has 0 N–H and O–H groups in total. The van der Waals surface area contributed by atoms with E-state index in [0.717, 1.165) is 51.0 Å². The number of fused-ring (bicyclic) bond motifs is 12. The lowest BCUT2D eigenvalue weighted by molar-refractivity contribution is 0.361. The average molecular weight is 874 g/mol. The molecule has 0 fully saturated rings. The number of rotatable bonds is 5. The van der Waals surface area contributed by atoms with Crippen LogP contribution in [0.3, 0.4) is 0 Å². The van der Waals surface area contributed by atoms with Gasteiger partial charge in [0.1, 0.15) is 0 Å². The molecule has 2 aliphatic carbocycles. The minimum absolute atomic E-state index is 0.142. The Balaban J connectivity index is 0.899. The monoisotopic (exact) mass is 873 g/mol. The first kappa shape index (κ1) is 38.5. The molecule has 13 rings (SSSR count). The maximum Gasteiger partial charge on any atom is 0.178 e. The number of hydrogen-bond acceptors (Lipinski definition) is 5. The molecule has 4 aliphatic rings. The van der Waals surface area contributed by atoms with Crippen molar-refractivity contribution in [1.82, 2.24) is 0 Å². The van der Waals surface area contributed by atoms with Crippen molar-refractivity contribution in [3.63, 3.8) is 0 Å². The van der Waals surface area contributed by atoms with E-state index >= 15 is 0 Å². The summed E-state index contributed by atoms with van der Waals surface area (Å²) in [7, 11) is 0. The minimum Gasteiger partial charge on any atom is -0.449 e. The summed E-state index contributed by atoms with van der Waals surface area (Å²) < 4.78 is 13.7. The summed E-state index contributed by atoms with van der Waals surface area (Å²) in [6, 6.07) is 68.2. The molecule has 0 spiro atoms. The molecule has 0 radical (unpaired) electrons. The van der Waals surface area contributed by atoms with E-state index in [1.807, 2.05) is 29.6 Å². The van der Waals surface area contributed by atoms with Gasteiger partial charge in [0.25, 0.3) is 0 Å². The Kier molecular flexibility index (Phi) is 8.47. The van der Waals surface area contributed by atoms with E-state index in [1.54, 1.807) is 0 Å². The minimum atomic E-state index is -0.185. The second-order valence-corrected chi connectivity index (χ2v) is 20.6. The third-order valence-electron chi connectivity index (χ3n) is 14.0. The maximum absolute atomic E-state index is 7.02. The van der Waals surface area contributed by atoms with E-state index < -0.39 is 0 Å². The van der Waals surface area contributed by atoms with Gasteiger partial charge in [-0.25, -0.2) is 0 Å². The smallest absolute Gasteiger partial charge is 0.178 e. The lowest BCUT2D eigenvalue weighted by Crippen LogP contribution is -2.16. The molecule has 3 nitrogen and oxygen atoms in total. The van der Waals surface area contributed by atoms with Gasteiger partial charge in [-0.2, -0.15) is 0 Å². The van der Waals surface area contributed by atoms with Crippen LogP contribution in [0.25, 0.3) is 44.5 Å². The zero-order valence-corrected chi connectivity index (χ0v) is 38.1. The first-order valence-corrected chi connectivity index (χ1v) is 23.9. The fraction of sp³-hybridized carbons (Fsp3) is 0.100. The van der Waals surface area contributed by atoms with Gasteiger partial charge in [-0.1, -0.05) is 173 Å². The van der Waals surface area contributed by atoms with E-state index in [4.69, 9.17) is 9.47 Å². The van der Waals surface area contributed by atoms with Crippen LogP contribution < -0.4 is 14.4 Å². The summed E-state index contributed by atoms with van der Waals surface area (Å²) >= 11 is 3.80. The molecule has 5 heteroatoms. The van der Waals surface area contributed by atoms with Gasteiger partial charge in [0.2, 0.25) is 0 Å². The van der Waals surface area contributed by atoms with Crippen molar-refractivity contribution in [2.45, 2.75) is 58.1 Å². The van der Waals surface area contributed by atoms with Crippen molar-refractivity contribution < 1.29 is 9.47 Å². The maximum atomic E-state index is 7.02.